The Labute approximate surface area is 93.3 Å². The zero-order chi connectivity index (χ0) is 10.6. The van der Waals surface area contributed by atoms with Crippen molar-refractivity contribution in [2.24, 2.45) is 11.7 Å². The van der Waals surface area contributed by atoms with E-state index < -0.39 is 0 Å². The highest BCUT2D eigenvalue weighted by Gasteiger charge is 2.09. The third kappa shape index (κ3) is 2.80. The molecule has 0 saturated heterocycles. The third-order valence-corrected chi connectivity index (χ3v) is 3.34. The van der Waals surface area contributed by atoms with Crippen LogP contribution in [0.4, 0.5) is 0 Å². The van der Waals surface area contributed by atoms with E-state index in [1.807, 2.05) is 12.1 Å². The van der Waals surface area contributed by atoms with Crippen LogP contribution in [0.2, 0.25) is 0 Å². The highest BCUT2D eigenvalue weighted by atomic mass is 79.9. The van der Waals surface area contributed by atoms with Crippen LogP contribution in [0, 0.1) is 12.8 Å². The van der Waals surface area contributed by atoms with Crippen LogP contribution in [0.25, 0.3) is 0 Å². The first-order valence-corrected chi connectivity index (χ1v) is 5.53. The van der Waals surface area contributed by atoms with Crippen LogP contribution < -0.4 is 5.73 Å². The van der Waals surface area contributed by atoms with Crippen LogP contribution in [-0.4, -0.2) is 18.3 Å². The Bertz CT molecular complexity index is 297. The molecule has 0 heterocycles. The van der Waals surface area contributed by atoms with E-state index in [0.717, 1.165) is 10.9 Å². The van der Waals surface area contributed by atoms with E-state index in [9.17, 15) is 0 Å². The molecule has 1 aromatic carbocycles. The number of halogens is 1. The van der Waals surface area contributed by atoms with Gasteiger partial charge in [-0.05, 0) is 43.0 Å². The molecule has 0 fully saturated rings. The summed E-state index contributed by atoms with van der Waals surface area (Å²) in [4.78, 5) is 0. The average molecular weight is 258 g/mol. The molecule has 0 aliphatic carbocycles. The Morgan fingerprint density at radius 3 is 2.79 bits per heavy atom. The molecule has 14 heavy (non-hydrogen) atoms. The molecule has 1 rings (SSSR count). The minimum Gasteiger partial charge on any atom is -0.396 e. The Hall–Kier alpha value is -0.380. The number of hydrogen-bond acceptors (Lipinski definition) is 2. The minimum absolute atomic E-state index is 0.155. The van der Waals surface area contributed by atoms with E-state index in [1.165, 1.54) is 11.1 Å². The lowest BCUT2D eigenvalue weighted by molar-refractivity contribution is 0.229. The van der Waals surface area contributed by atoms with E-state index in [4.69, 9.17) is 10.8 Å². The van der Waals surface area contributed by atoms with Gasteiger partial charge in [-0.1, -0.05) is 28.1 Å². The van der Waals surface area contributed by atoms with Gasteiger partial charge < -0.3 is 10.8 Å². The monoisotopic (exact) mass is 257 g/mol. The Morgan fingerprint density at radius 2 is 2.21 bits per heavy atom. The molecule has 3 heteroatoms. The number of hydrogen-bond donors (Lipinski definition) is 2. The minimum atomic E-state index is 0.155. The lowest BCUT2D eigenvalue weighted by Gasteiger charge is -2.13. The van der Waals surface area contributed by atoms with E-state index in [2.05, 4.69) is 28.9 Å². The molecule has 0 amide bonds. The molecule has 0 aliphatic rings. The molecule has 0 spiro atoms. The second kappa shape index (κ2) is 5.49. The second-order valence-corrected chi connectivity index (χ2v) is 4.37. The number of aliphatic hydroxyl groups excluding tert-OH is 1. The average Bonchev–Trinajstić information content (AvgIpc) is 2.20. The summed E-state index contributed by atoms with van der Waals surface area (Å²) in [5, 5.41) is 9.06. The molecule has 0 unspecified atom stereocenters. The molecule has 0 bridgehead atoms. The van der Waals surface area contributed by atoms with Crippen molar-refractivity contribution in [3.8, 4) is 0 Å². The molecule has 0 aromatic heterocycles. The SMILES string of the molecule is Cc1c(Br)cccc1C[C@@H](CN)CO. The molecule has 0 aliphatic heterocycles. The van der Waals surface area contributed by atoms with Gasteiger partial charge in [0.2, 0.25) is 0 Å². The van der Waals surface area contributed by atoms with E-state index in [-0.39, 0.29) is 12.5 Å². The molecule has 1 atom stereocenters. The van der Waals surface area contributed by atoms with E-state index in [0.29, 0.717) is 6.54 Å². The summed E-state index contributed by atoms with van der Waals surface area (Å²) in [6, 6.07) is 6.12. The zero-order valence-electron chi connectivity index (χ0n) is 8.33. The molecule has 0 saturated carbocycles. The molecule has 2 nitrogen and oxygen atoms in total. The predicted molar refractivity (Wildman–Crippen MR) is 62.2 cm³/mol. The topological polar surface area (TPSA) is 46.2 Å². The van der Waals surface area contributed by atoms with Crippen LogP contribution in [0.1, 0.15) is 11.1 Å². The van der Waals surface area contributed by atoms with Crippen molar-refractivity contribution in [3.05, 3.63) is 33.8 Å². The fraction of sp³-hybridized carbons (Fsp3) is 0.455. The molecule has 0 radical (unpaired) electrons. The van der Waals surface area contributed by atoms with Crippen LogP contribution in [0.5, 0.6) is 0 Å². The summed E-state index contributed by atoms with van der Waals surface area (Å²) in [5.41, 5.74) is 8.04. The van der Waals surface area contributed by atoms with E-state index >= 15 is 0 Å². The van der Waals surface area contributed by atoms with Gasteiger partial charge in [0.1, 0.15) is 0 Å². The van der Waals surface area contributed by atoms with Crippen molar-refractivity contribution in [2.45, 2.75) is 13.3 Å². The lowest BCUT2D eigenvalue weighted by atomic mass is 9.97. The van der Waals surface area contributed by atoms with Gasteiger partial charge in [-0.2, -0.15) is 0 Å². The second-order valence-electron chi connectivity index (χ2n) is 3.51. The highest BCUT2D eigenvalue weighted by Crippen LogP contribution is 2.21. The van der Waals surface area contributed by atoms with Crippen molar-refractivity contribution in [1.29, 1.82) is 0 Å². The van der Waals surface area contributed by atoms with Crippen LogP contribution in [-0.2, 0) is 6.42 Å². The van der Waals surface area contributed by atoms with Crippen LogP contribution in [0.3, 0.4) is 0 Å². The predicted octanol–water partition coefficient (Wildman–Crippen LogP) is 1.87. The van der Waals surface area contributed by atoms with Gasteiger partial charge in [-0.25, -0.2) is 0 Å². The van der Waals surface area contributed by atoms with E-state index in [1.54, 1.807) is 0 Å². The summed E-state index contributed by atoms with van der Waals surface area (Å²) in [7, 11) is 0. The maximum absolute atomic E-state index is 9.06. The fourth-order valence-electron chi connectivity index (χ4n) is 1.41. The maximum atomic E-state index is 9.06. The zero-order valence-corrected chi connectivity index (χ0v) is 9.92. The van der Waals surface area contributed by atoms with Crippen molar-refractivity contribution >= 4 is 15.9 Å². The van der Waals surface area contributed by atoms with Gasteiger partial charge in [-0.15, -0.1) is 0 Å². The molecule has 1 aromatic rings. The van der Waals surface area contributed by atoms with Gasteiger partial charge in [-0.3, -0.25) is 0 Å². The first kappa shape index (κ1) is 11.7. The van der Waals surface area contributed by atoms with Gasteiger partial charge >= 0.3 is 0 Å². The number of rotatable bonds is 4. The Kier molecular flexibility index (Phi) is 4.58. The lowest BCUT2D eigenvalue weighted by Crippen LogP contribution is -2.20. The summed E-state index contributed by atoms with van der Waals surface area (Å²) in [6.07, 6.45) is 0.846. The van der Waals surface area contributed by atoms with Crippen molar-refractivity contribution in [1.82, 2.24) is 0 Å². The van der Waals surface area contributed by atoms with Crippen molar-refractivity contribution < 1.29 is 5.11 Å². The third-order valence-electron chi connectivity index (χ3n) is 2.48. The molecular weight excluding hydrogens is 242 g/mol. The quantitative estimate of drug-likeness (QED) is 0.866. The highest BCUT2D eigenvalue weighted by molar-refractivity contribution is 9.10. The summed E-state index contributed by atoms with van der Waals surface area (Å²) >= 11 is 3.49. The first-order chi connectivity index (χ1) is 6.69. The summed E-state index contributed by atoms with van der Waals surface area (Å²) in [5.74, 6) is 0.169. The standard InChI is InChI=1S/C11H16BrNO/c1-8-10(3-2-4-11(8)12)5-9(6-13)7-14/h2-4,9,14H,5-7,13H2,1H3/t9-/m0/s1. The number of benzene rings is 1. The summed E-state index contributed by atoms with van der Waals surface area (Å²) < 4.78 is 1.11. The van der Waals surface area contributed by atoms with Gasteiger partial charge in [0, 0.05) is 11.1 Å². The first-order valence-electron chi connectivity index (χ1n) is 4.74. The summed E-state index contributed by atoms with van der Waals surface area (Å²) in [6.45, 7) is 2.76. The number of aliphatic hydroxyl groups is 1. The molecule has 78 valence electrons. The molecular formula is C11H16BrNO. The van der Waals surface area contributed by atoms with Crippen molar-refractivity contribution in [3.63, 3.8) is 0 Å². The normalized spacial score (nSPS) is 12.9. The van der Waals surface area contributed by atoms with Gasteiger partial charge in [0.05, 0.1) is 0 Å². The smallest absolute Gasteiger partial charge is 0.0474 e. The Morgan fingerprint density at radius 1 is 1.50 bits per heavy atom. The van der Waals surface area contributed by atoms with Crippen LogP contribution in [0.15, 0.2) is 22.7 Å². The maximum Gasteiger partial charge on any atom is 0.0474 e. The van der Waals surface area contributed by atoms with Crippen molar-refractivity contribution in [2.75, 3.05) is 13.2 Å². The fourth-order valence-corrected chi connectivity index (χ4v) is 1.81. The largest absolute Gasteiger partial charge is 0.396 e. The van der Waals surface area contributed by atoms with Gasteiger partial charge in [0.15, 0.2) is 0 Å². The van der Waals surface area contributed by atoms with Gasteiger partial charge in [0.25, 0.3) is 0 Å². The molecule has 3 N–H and O–H groups in total. The Balaban J connectivity index is 2.80. The number of nitrogens with two attached hydrogens (primary N) is 1. The van der Waals surface area contributed by atoms with Crippen LogP contribution >= 0.6 is 15.9 Å².